The molecule has 1 atom stereocenters. The Bertz CT molecular complexity index is 790. The first-order valence-corrected chi connectivity index (χ1v) is 8.87. The highest BCUT2D eigenvalue weighted by Gasteiger charge is 2.30. The third-order valence-corrected chi connectivity index (χ3v) is 5.77. The van der Waals surface area contributed by atoms with Crippen molar-refractivity contribution >= 4 is 15.7 Å². The summed E-state index contributed by atoms with van der Waals surface area (Å²) < 4.78 is 30.9. The van der Waals surface area contributed by atoms with Gasteiger partial charge < -0.3 is 4.74 Å². The predicted molar refractivity (Wildman–Crippen MR) is 88.7 cm³/mol. The van der Waals surface area contributed by atoms with Gasteiger partial charge in [-0.25, -0.2) is 13.9 Å². The fourth-order valence-electron chi connectivity index (χ4n) is 2.39. The number of hydrogen-bond acceptors (Lipinski definition) is 5. The Morgan fingerprint density at radius 3 is 2.50 bits per heavy atom. The molecule has 1 unspecified atom stereocenters. The molecule has 0 bridgehead atoms. The van der Waals surface area contributed by atoms with E-state index in [9.17, 15) is 13.2 Å². The summed E-state index contributed by atoms with van der Waals surface area (Å²) in [4.78, 5) is 11.6. The van der Waals surface area contributed by atoms with Gasteiger partial charge in [0, 0.05) is 6.42 Å². The summed E-state index contributed by atoms with van der Waals surface area (Å²) in [6, 6.07) is 15.1. The van der Waals surface area contributed by atoms with Crippen LogP contribution in [0.15, 0.2) is 59.5 Å². The summed E-state index contributed by atoms with van der Waals surface area (Å²) in [5.41, 5.74) is 2.29. The van der Waals surface area contributed by atoms with Crippen molar-refractivity contribution in [2.24, 2.45) is 0 Å². The van der Waals surface area contributed by atoms with Gasteiger partial charge in [-0.2, -0.15) is 0 Å². The van der Waals surface area contributed by atoms with E-state index in [0.29, 0.717) is 5.75 Å². The zero-order chi connectivity index (χ0) is 17.6. The topological polar surface area (TPSA) is 92.7 Å². The van der Waals surface area contributed by atoms with Crippen molar-refractivity contribution in [2.45, 2.75) is 23.0 Å². The number of benzene rings is 2. The number of rotatable bonds is 7. The molecule has 0 saturated carbocycles. The van der Waals surface area contributed by atoms with Gasteiger partial charge in [0.1, 0.15) is 5.75 Å². The molecule has 2 aromatic carbocycles. The number of hydrogen-bond donors (Lipinski definition) is 2. The van der Waals surface area contributed by atoms with Gasteiger partial charge >= 0.3 is 0 Å². The molecule has 0 saturated heterocycles. The number of methoxy groups -OCH3 is 1. The van der Waals surface area contributed by atoms with Crippen LogP contribution in [-0.4, -0.2) is 31.9 Å². The lowest BCUT2D eigenvalue weighted by Crippen LogP contribution is -2.31. The number of sulfone groups is 1. The van der Waals surface area contributed by atoms with Crippen LogP contribution < -0.4 is 10.2 Å². The Labute approximate surface area is 141 Å². The highest BCUT2D eigenvalue weighted by atomic mass is 32.2. The molecule has 6 nitrogen and oxygen atoms in total. The number of nitrogens with one attached hydrogen (secondary N) is 1. The third kappa shape index (κ3) is 4.33. The lowest BCUT2D eigenvalue weighted by Gasteiger charge is -2.17. The van der Waals surface area contributed by atoms with Gasteiger partial charge in [0.05, 0.1) is 17.3 Å². The Balaban J connectivity index is 2.38. The van der Waals surface area contributed by atoms with Crippen molar-refractivity contribution < 1.29 is 23.2 Å². The summed E-state index contributed by atoms with van der Waals surface area (Å²) in [6.07, 6.45) is -0.182. The molecule has 0 aromatic heterocycles. The predicted octanol–water partition coefficient (Wildman–Crippen LogP) is 1.98. The lowest BCUT2D eigenvalue weighted by atomic mass is 10.1. The van der Waals surface area contributed by atoms with Crippen LogP contribution in [0.2, 0.25) is 0 Å². The average Bonchev–Trinajstić information content (AvgIpc) is 2.61. The van der Waals surface area contributed by atoms with Crippen LogP contribution >= 0.6 is 0 Å². The van der Waals surface area contributed by atoms with Crippen LogP contribution in [0.25, 0.3) is 0 Å². The van der Waals surface area contributed by atoms with E-state index in [1.54, 1.807) is 36.4 Å². The molecule has 24 heavy (non-hydrogen) atoms. The SMILES string of the molecule is COc1cccc(S(=O)(=O)C(CC(=O)NO)Cc2ccccc2)c1. The number of hydroxylamine groups is 1. The largest absolute Gasteiger partial charge is 0.497 e. The first-order chi connectivity index (χ1) is 11.5. The lowest BCUT2D eigenvalue weighted by molar-refractivity contribution is -0.129. The summed E-state index contributed by atoms with van der Waals surface area (Å²) >= 11 is 0. The molecule has 2 rings (SSSR count). The van der Waals surface area contributed by atoms with E-state index in [1.807, 2.05) is 6.07 Å². The minimum Gasteiger partial charge on any atom is -0.497 e. The second kappa shape index (κ2) is 7.94. The molecule has 0 spiro atoms. The molecule has 2 N–H and O–H groups in total. The van der Waals surface area contributed by atoms with E-state index in [-0.39, 0.29) is 17.7 Å². The van der Waals surface area contributed by atoms with E-state index in [4.69, 9.17) is 9.94 Å². The molecule has 7 heteroatoms. The maximum atomic E-state index is 12.9. The minimum absolute atomic E-state index is 0.0773. The van der Waals surface area contributed by atoms with Gasteiger partial charge in [-0.05, 0) is 30.2 Å². The van der Waals surface area contributed by atoms with E-state index in [2.05, 4.69) is 0 Å². The molecule has 0 aliphatic rings. The molecule has 1 amide bonds. The fraction of sp³-hybridized carbons (Fsp3) is 0.235. The number of carbonyl (C=O) groups is 1. The van der Waals surface area contributed by atoms with Crippen LogP contribution in [-0.2, 0) is 21.1 Å². The zero-order valence-corrected chi connectivity index (χ0v) is 14.0. The Kier molecular flexibility index (Phi) is 5.94. The summed E-state index contributed by atoms with van der Waals surface area (Å²) in [5.74, 6) is -0.330. The van der Waals surface area contributed by atoms with Gasteiger partial charge in [-0.1, -0.05) is 36.4 Å². The Hall–Kier alpha value is -2.38. The molecular weight excluding hydrogens is 330 g/mol. The molecule has 0 aliphatic carbocycles. The maximum Gasteiger partial charge on any atom is 0.244 e. The quantitative estimate of drug-likeness (QED) is 0.589. The van der Waals surface area contributed by atoms with Gasteiger partial charge in [-0.15, -0.1) is 0 Å². The summed E-state index contributed by atoms with van der Waals surface area (Å²) in [7, 11) is -2.34. The number of carbonyl (C=O) groups excluding carboxylic acids is 1. The van der Waals surface area contributed by atoms with Crippen molar-refractivity contribution in [1.29, 1.82) is 0 Å². The monoisotopic (exact) mass is 349 g/mol. The molecule has 0 radical (unpaired) electrons. The zero-order valence-electron chi connectivity index (χ0n) is 13.2. The minimum atomic E-state index is -3.79. The number of ether oxygens (including phenoxy) is 1. The van der Waals surface area contributed by atoms with Gasteiger partial charge in [0.25, 0.3) is 0 Å². The second-order valence-electron chi connectivity index (χ2n) is 5.27. The van der Waals surface area contributed by atoms with Crippen molar-refractivity contribution in [1.82, 2.24) is 5.48 Å². The maximum absolute atomic E-state index is 12.9. The van der Waals surface area contributed by atoms with Crippen LogP contribution in [0.1, 0.15) is 12.0 Å². The second-order valence-corrected chi connectivity index (χ2v) is 7.50. The first kappa shape index (κ1) is 18.0. The van der Waals surface area contributed by atoms with Crippen molar-refractivity contribution in [2.75, 3.05) is 7.11 Å². The molecule has 0 aliphatic heterocycles. The smallest absolute Gasteiger partial charge is 0.244 e. The van der Waals surface area contributed by atoms with Crippen LogP contribution in [0.3, 0.4) is 0 Å². The van der Waals surface area contributed by atoms with E-state index >= 15 is 0 Å². The summed E-state index contributed by atoms with van der Waals surface area (Å²) in [6.45, 7) is 0. The fourth-order valence-corrected chi connectivity index (χ4v) is 4.11. The van der Waals surface area contributed by atoms with E-state index in [1.165, 1.54) is 24.7 Å². The average molecular weight is 349 g/mol. The van der Waals surface area contributed by atoms with Gasteiger partial charge in [0.15, 0.2) is 9.84 Å². The highest BCUT2D eigenvalue weighted by Crippen LogP contribution is 2.25. The van der Waals surface area contributed by atoms with Crippen LogP contribution in [0, 0.1) is 0 Å². The molecule has 2 aromatic rings. The molecule has 0 fully saturated rings. The van der Waals surface area contributed by atoms with Crippen molar-refractivity contribution in [3.05, 3.63) is 60.2 Å². The van der Waals surface area contributed by atoms with Gasteiger partial charge in [0.2, 0.25) is 5.91 Å². The van der Waals surface area contributed by atoms with E-state index in [0.717, 1.165) is 5.56 Å². The Morgan fingerprint density at radius 2 is 1.88 bits per heavy atom. The van der Waals surface area contributed by atoms with Crippen molar-refractivity contribution in [3.8, 4) is 5.75 Å². The molecular formula is C17H19NO5S. The molecule has 128 valence electrons. The van der Waals surface area contributed by atoms with Crippen LogP contribution in [0.5, 0.6) is 5.75 Å². The normalized spacial score (nSPS) is 12.4. The van der Waals surface area contributed by atoms with Gasteiger partial charge in [-0.3, -0.25) is 10.0 Å². The standard InChI is InChI=1S/C17H19NO5S/c1-23-14-8-5-9-15(11-14)24(21,22)16(12-17(19)18-20)10-13-6-3-2-4-7-13/h2-9,11,16,20H,10,12H2,1H3,(H,18,19). The molecule has 0 heterocycles. The first-order valence-electron chi connectivity index (χ1n) is 7.32. The van der Waals surface area contributed by atoms with Crippen LogP contribution in [0.4, 0.5) is 0 Å². The van der Waals surface area contributed by atoms with E-state index < -0.39 is 21.0 Å². The Morgan fingerprint density at radius 1 is 1.17 bits per heavy atom. The number of amides is 1. The van der Waals surface area contributed by atoms with Crippen molar-refractivity contribution in [3.63, 3.8) is 0 Å². The summed E-state index contributed by atoms with van der Waals surface area (Å²) in [5, 5.41) is 7.75. The highest BCUT2D eigenvalue weighted by molar-refractivity contribution is 7.92. The third-order valence-electron chi connectivity index (χ3n) is 3.65.